The van der Waals surface area contributed by atoms with Gasteiger partial charge in [0, 0.05) is 19.0 Å². The zero-order valence-electron chi connectivity index (χ0n) is 14.5. The Labute approximate surface area is 144 Å². The van der Waals surface area contributed by atoms with Gasteiger partial charge in [0.05, 0.1) is 11.9 Å². The lowest BCUT2D eigenvalue weighted by Gasteiger charge is -2.08. The molecule has 0 fully saturated rings. The summed E-state index contributed by atoms with van der Waals surface area (Å²) in [6.45, 7) is 6.05. The molecular weight excluding hydrogens is 320 g/mol. The first-order valence-electron chi connectivity index (χ1n) is 8.12. The first-order valence-corrected chi connectivity index (χ1v) is 8.12. The minimum atomic E-state index is -0.204. The molecule has 7 heteroatoms. The summed E-state index contributed by atoms with van der Waals surface area (Å²) in [6.07, 6.45) is 0.513. The molecule has 3 rings (SSSR count). The molecule has 0 aliphatic carbocycles. The highest BCUT2D eigenvalue weighted by Crippen LogP contribution is 2.18. The third-order valence-corrected chi connectivity index (χ3v) is 4.23. The summed E-state index contributed by atoms with van der Waals surface area (Å²) >= 11 is 0. The summed E-state index contributed by atoms with van der Waals surface area (Å²) in [6, 6.07) is 5.91. The molecular formula is C18H20N4O3. The van der Waals surface area contributed by atoms with Gasteiger partial charge in [0.25, 0.3) is 5.56 Å². The number of nitrogens with zero attached hydrogens (tertiary/aromatic N) is 2. The van der Waals surface area contributed by atoms with Crippen LogP contribution in [0.5, 0.6) is 0 Å². The molecule has 7 nitrogen and oxygen atoms in total. The van der Waals surface area contributed by atoms with Crippen LogP contribution in [0.3, 0.4) is 0 Å². The van der Waals surface area contributed by atoms with Gasteiger partial charge in [-0.15, -0.1) is 0 Å². The number of fused-ring (bicyclic) bond motifs is 1. The summed E-state index contributed by atoms with van der Waals surface area (Å²) in [7, 11) is 0. The number of nitrogens with one attached hydrogen (secondary N) is 2. The van der Waals surface area contributed by atoms with Crippen LogP contribution in [0, 0.1) is 20.8 Å². The van der Waals surface area contributed by atoms with Gasteiger partial charge in [0.2, 0.25) is 11.8 Å². The topological polar surface area (TPSA) is 101 Å². The lowest BCUT2D eigenvalue weighted by molar-refractivity contribution is -0.120. The fraction of sp³-hybridized carbons (Fsp3) is 0.333. The summed E-state index contributed by atoms with van der Waals surface area (Å²) in [5.74, 6) is 0.574. The van der Waals surface area contributed by atoms with Crippen LogP contribution in [0.2, 0.25) is 0 Å². The second kappa shape index (κ2) is 6.88. The number of aromatic nitrogens is 3. The first-order chi connectivity index (χ1) is 11.9. The number of rotatable bonds is 5. The van der Waals surface area contributed by atoms with E-state index in [-0.39, 0.29) is 17.9 Å². The monoisotopic (exact) mass is 340 g/mol. The quantitative estimate of drug-likeness (QED) is 0.737. The number of amides is 1. The van der Waals surface area contributed by atoms with E-state index < -0.39 is 0 Å². The van der Waals surface area contributed by atoms with Crippen LogP contribution in [0.15, 0.2) is 27.5 Å². The Kier molecular flexibility index (Phi) is 4.65. The predicted octanol–water partition coefficient (Wildman–Crippen LogP) is 1.74. The Balaban J connectivity index is 1.65. The van der Waals surface area contributed by atoms with Crippen molar-refractivity contribution in [2.45, 2.75) is 33.6 Å². The normalized spacial score (nSPS) is 11.0. The van der Waals surface area contributed by atoms with E-state index >= 15 is 0 Å². The van der Waals surface area contributed by atoms with Crippen molar-refractivity contribution >= 4 is 16.8 Å². The first kappa shape index (κ1) is 16.9. The Morgan fingerprint density at radius 2 is 2.08 bits per heavy atom. The average Bonchev–Trinajstić information content (AvgIpc) is 2.97. The molecule has 0 atom stereocenters. The second-order valence-electron chi connectivity index (χ2n) is 6.10. The van der Waals surface area contributed by atoms with Gasteiger partial charge in [-0.25, -0.2) is 0 Å². The van der Waals surface area contributed by atoms with Crippen LogP contribution >= 0.6 is 0 Å². The van der Waals surface area contributed by atoms with Crippen molar-refractivity contribution in [1.82, 2.24) is 20.4 Å². The largest absolute Gasteiger partial charge is 0.355 e. The Hall–Kier alpha value is -2.96. The van der Waals surface area contributed by atoms with Crippen molar-refractivity contribution in [1.29, 1.82) is 0 Å². The Morgan fingerprint density at radius 3 is 2.80 bits per heavy atom. The molecule has 0 spiro atoms. The van der Waals surface area contributed by atoms with Crippen molar-refractivity contribution in [3.8, 4) is 0 Å². The highest BCUT2D eigenvalue weighted by molar-refractivity contribution is 5.83. The van der Waals surface area contributed by atoms with E-state index in [4.69, 9.17) is 4.52 Å². The maximum Gasteiger partial charge on any atom is 0.251 e. The van der Waals surface area contributed by atoms with E-state index in [0.717, 1.165) is 22.0 Å². The van der Waals surface area contributed by atoms with Crippen molar-refractivity contribution < 1.29 is 9.32 Å². The molecule has 2 aromatic heterocycles. The van der Waals surface area contributed by atoms with Crippen LogP contribution in [0.25, 0.3) is 10.9 Å². The maximum absolute atomic E-state index is 12.3. The molecule has 0 saturated heterocycles. The van der Waals surface area contributed by atoms with Gasteiger partial charge in [-0.05, 0) is 42.8 Å². The third kappa shape index (κ3) is 3.76. The third-order valence-electron chi connectivity index (χ3n) is 4.23. The van der Waals surface area contributed by atoms with E-state index in [1.165, 1.54) is 0 Å². The molecule has 0 bridgehead atoms. The summed E-state index contributed by atoms with van der Waals surface area (Å²) in [5.41, 5.74) is 3.60. The Morgan fingerprint density at radius 1 is 1.28 bits per heavy atom. The molecule has 1 aromatic carbocycles. The van der Waals surface area contributed by atoms with E-state index in [1.54, 1.807) is 6.92 Å². The molecule has 130 valence electrons. The second-order valence-corrected chi connectivity index (χ2v) is 6.10. The number of hydrogen-bond donors (Lipinski definition) is 2. The number of carbonyl (C=O) groups is 1. The van der Waals surface area contributed by atoms with E-state index in [9.17, 15) is 9.59 Å². The number of pyridine rings is 1. The molecule has 0 saturated carbocycles. The van der Waals surface area contributed by atoms with Gasteiger partial charge in [-0.1, -0.05) is 17.3 Å². The number of H-pyrrole nitrogens is 1. The Bertz CT molecular complexity index is 988. The van der Waals surface area contributed by atoms with Gasteiger partial charge >= 0.3 is 0 Å². The SMILES string of the molecule is Cc1nc(CC(=O)NCCc2cc3ccc(C)c(C)c3[nH]c2=O)no1. The zero-order chi connectivity index (χ0) is 18.0. The molecule has 1 amide bonds. The molecule has 0 aliphatic rings. The van der Waals surface area contributed by atoms with Crippen molar-refractivity contribution in [3.63, 3.8) is 0 Å². The van der Waals surface area contributed by atoms with Gasteiger partial charge in [0.15, 0.2) is 5.82 Å². The molecule has 0 unspecified atom stereocenters. The molecule has 2 N–H and O–H groups in total. The van der Waals surface area contributed by atoms with Crippen LogP contribution in [-0.2, 0) is 17.6 Å². The standard InChI is InChI=1S/C18H20N4O3/c1-10-4-5-13-8-14(18(24)21-17(13)11(10)2)6-7-19-16(23)9-15-20-12(3)25-22-15/h4-5,8H,6-7,9H2,1-3H3,(H,19,23)(H,21,24). The van der Waals surface area contributed by atoms with Gasteiger partial charge in [-0.2, -0.15) is 4.98 Å². The molecule has 0 radical (unpaired) electrons. The van der Waals surface area contributed by atoms with Gasteiger partial charge in [-0.3, -0.25) is 9.59 Å². The molecule has 0 aliphatic heterocycles. The van der Waals surface area contributed by atoms with Gasteiger partial charge in [0.1, 0.15) is 0 Å². The van der Waals surface area contributed by atoms with Crippen molar-refractivity contribution in [2.75, 3.05) is 6.54 Å². The average molecular weight is 340 g/mol. The summed E-state index contributed by atoms with van der Waals surface area (Å²) < 4.78 is 4.83. The van der Waals surface area contributed by atoms with Crippen LogP contribution in [-0.4, -0.2) is 27.6 Å². The summed E-state index contributed by atoms with van der Waals surface area (Å²) in [4.78, 5) is 31.1. The predicted molar refractivity (Wildman–Crippen MR) is 93.5 cm³/mol. The van der Waals surface area contributed by atoms with Crippen molar-refractivity contribution in [3.05, 3.63) is 57.0 Å². The lowest BCUT2D eigenvalue weighted by atomic mass is 10.0. The highest BCUT2D eigenvalue weighted by atomic mass is 16.5. The molecule has 3 aromatic rings. The van der Waals surface area contributed by atoms with Crippen LogP contribution in [0.4, 0.5) is 0 Å². The molecule has 2 heterocycles. The van der Waals surface area contributed by atoms with Gasteiger partial charge < -0.3 is 14.8 Å². The maximum atomic E-state index is 12.3. The van der Waals surface area contributed by atoms with E-state index in [0.29, 0.717) is 30.2 Å². The number of hydrogen-bond acceptors (Lipinski definition) is 5. The highest BCUT2D eigenvalue weighted by Gasteiger charge is 2.10. The number of aromatic amines is 1. The number of benzene rings is 1. The van der Waals surface area contributed by atoms with Crippen LogP contribution < -0.4 is 10.9 Å². The number of aryl methyl sites for hydroxylation is 3. The van der Waals surface area contributed by atoms with Crippen molar-refractivity contribution in [2.24, 2.45) is 0 Å². The lowest BCUT2D eigenvalue weighted by Crippen LogP contribution is -2.29. The summed E-state index contributed by atoms with van der Waals surface area (Å²) in [5, 5.41) is 7.45. The zero-order valence-corrected chi connectivity index (χ0v) is 14.5. The fourth-order valence-electron chi connectivity index (χ4n) is 2.71. The minimum Gasteiger partial charge on any atom is -0.355 e. The smallest absolute Gasteiger partial charge is 0.251 e. The molecule has 25 heavy (non-hydrogen) atoms. The van der Waals surface area contributed by atoms with E-state index in [2.05, 4.69) is 20.4 Å². The number of carbonyl (C=O) groups excluding carboxylic acids is 1. The minimum absolute atomic E-state index is 0.0594. The fourth-order valence-corrected chi connectivity index (χ4v) is 2.71. The van der Waals surface area contributed by atoms with E-state index in [1.807, 2.05) is 32.0 Å². The van der Waals surface area contributed by atoms with Crippen LogP contribution in [0.1, 0.15) is 28.4 Å².